The Hall–Kier alpha value is -2.27. The Morgan fingerprint density at radius 3 is 2.23 bits per heavy atom. The molecule has 0 radical (unpaired) electrons. The molecule has 0 amide bonds. The summed E-state index contributed by atoms with van der Waals surface area (Å²) in [5.41, 5.74) is 1.99. The first-order chi connectivity index (χ1) is 10.7. The lowest BCUT2D eigenvalue weighted by Crippen LogP contribution is -2.24. The number of rotatable bonds is 6. The fraction of sp³-hybridized carbons (Fsp3) is 0.235. The average molecular weight is 317 g/mol. The number of phenolic OH excluding ortho intramolecular Hbond substituents is 1. The van der Waals surface area contributed by atoms with Crippen molar-refractivity contribution < 1.29 is 14.6 Å². The van der Waals surface area contributed by atoms with Crippen molar-refractivity contribution in [2.45, 2.75) is 6.42 Å². The predicted molar refractivity (Wildman–Crippen MR) is 91.1 cm³/mol. The lowest BCUT2D eigenvalue weighted by Gasteiger charge is -2.13. The average Bonchev–Trinajstić information content (AvgIpc) is 2.56. The van der Waals surface area contributed by atoms with Gasteiger partial charge in [0.15, 0.2) is 11.5 Å². The van der Waals surface area contributed by atoms with Gasteiger partial charge in [-0.15, -0.1) is 0 Å². The maximum absolute atomic E-state index is 9.91. The molecule has 2 rings (SSSR count). The summed E-state index contributed by atoms with van der Waals surface area (Å²) in [5.74, 6) is 0.643. The first-order valence-corrected chi connectivity index (χ1v) is 7.33. The summed E-state index contributed by atoms with van der Waals surface area (Å²) in [4.78, 5) is 0.590. The molecule has 0 heterocycles. The highest BCUT2D eigenvalue weighted by Crippen LogP contribution is 2.37. The SMILES string of the molecule is COc1cc(C(=S)NCCc2ccccc2)cc(OC)c1O. The molecule has 0 spiro atoms. The monoisotopic (exact) mass is 317 g/mol. The van der Waals surface area contributed by atoms with E-state index in [0.717, 1.165) is 18.5 Å². The summed E-state index contributed by atoms with van der Waals surface area (Å²) < 4.78 is 10.3. The zero-order valence-electron chi connectivity index (χ0n) is 12.6. The maximum Gasteiger partial charge on any atom is 0.200 e. The second-order valence-electron chi connectivity index (χ2n) is 4.72. The molecule has 0 aliphatic carbocycles. The third-order valence-corrected chi connectivity index (χ3v) is 3.66. The number of thiocarbonyl (C=S) groups is 1. The molecule has 0 aliphatic rings. The Labute approximate surface area is 135 Å². The van der Waals surface area contributed by atoms with Crippen LogP contribution in [0.4, 0.5) is 0 Å². The molecule has 2 aromatic rings. The second-order valence-corrected chi connectivity index (χ2v) is 5.13. The summed E-state index contributed by atoms with van der Waals surface area (Å²) in [6.07, 6.45) is 0.882. The van der Waals surface area contributed by atoms with Crippen molar-refractivity contribution in [1.82, 2.24) is 5.32 Å². The minimum atomic E-state index is -0.0270. The zero-order chi connectivity index (χ0) is 15.9. The van der Waals surface area contributed by atoms with Crippen LogP contribution in [0.25, 0.3) is 0 Å². The number of nitrogens with one attached hydrogen (secondary N) is 1. The Kier molecular flexibility index (Phi) is 5.61. The molecule has 0 atom stereocenters. The van der Waals surface area contributed by atoms with E-state index in [-0.39, 0.29) is 5.75 Å². The quantitative estimate of drug-likeness (QED) is 0.802. The molecule has 5 heteroatoms. The number of phenols is 1. The summed E-state index contributed by atoms with van der Waals surface area (Å²) in [6, 6.07) is 13.6. The molecule has 2 aromatic carbocycles. The van der Waals surface area contributed by atoms with E-state index in [1.165, 1.54) is 19.8 Å². The summed E-state index contributed by atoms with van der Waals surface area (Å²) in [5, 5.41) is 13.1. The van der Waals surface area contributed by atoms with Crippen LogP contribution in [0, 0.1) is 0 Å². The molecule has 0 aromatic heterocycles. The van der Waals surface area contributed by atoms with Crippen LogP contribution in [0.3, 0.4) is 0 Å². The van der Waals surface area contributed by atoms with Gasteiger partial charge in [0.2, 0.25) is 5.75 Å². The van der Waals surface area contributed by atoms with Gasteiger partial charge in [0.05, 0.1) is 14.2 Å². The van der Waals surface area contributed by atoms with Crippen molar-refractivity contribution >= 4 is 17.2 Å². The van der Waals surface area contributed by atoms with E-state index in [0.29, 0.717) is 16.5 Å². The van der Waals surface area contributed by atoms with Gasteiger partial charge in [-0.25, -0.2) is 0 Å². The molecule has 0 fully saturated rings. The topological polar surface area (TPSA) is 50.7 Å². The summed E-state index contributed by atoms with van der Waals surface area (Å²) >= 11 is 5.39. The smallest absolute Gasteiger partial charge is 0.200 e. The van der Waals surface area contributed by atoms with Crippen LogP contribution in [0.1, 0.15) is 11.1 Å². The Balaban J connectivity index is 2.03. The van der Waals surface area contributed by atoms with Gasteiger partial charge in [0, 0.05) is 12.1 Å². The van der Waals surface area contributed by atoms with Gasteiger partial charge in [-0.2, -0.15) is 0 Å². The molecule has 4 nitrogen and oxygen atoms in total. The standard InChI is InChI=1S/C17H19NO3S/c1-20-14-10-13(11-15(21-2)16(14)19)17(22)18-9-8-12-6-4-3-5-7-12/h3-7,10-11,19H,8-9H2,1-2H3,(H,18,22). The molecular weight excluding hydrogens is 298 g/mol. The zero-order valence-corrected chi connectivity index (χ0v) is 13.4. The molecule has 0 aliphatic heterocycles. The van der Waals surface area contributed by atoms with Crippen LogP contribution in [-0.4, -0.2) is 30.9 Å². The third kappa shape index (κ3) is 3.89. The maximum atomic E-state index is 9.91. The minimum Gasteiger partial charge on any atom is -0.502 e. The molecular formula is C17H19NO3S. The van der Waals surface area contributed by atoms with Gasteiger partial charge in [-0.1, -0.05) is 42.5 Å². The first-order valence-electron chi connectivity index (χ1n) is 6.92. The lowest BCUT2D eigenvalue weighted by molar-refractivity contribution is 0.340. The molecule has 0 bridgehead atoms. The molecule has 0 unspecified atom stereocenters. The van der Waals surface area contributed by atoms with Gasteiger partial charge in [-0.3, -0.25) is 0 Å². The van der Waals surface area contributed by atoms with Crippen molar-refractivity contribution in [2.24, 2.45) is 0 Å². The van der Waals surface area contributed by atoms with E-state index in [1.54, 1.807) is 12.1 Å². The fourth-order valence-corrected chi connectivity index (χ4v) is 2.31. The van der Waals surface area contributed by atoms with E-state index in [1.807, 2.05) is 18.2 Å². The van der Waals surface area contributed by atoms with Crippen molar-refractivity contribution in [2.75, 3.05) is 20.8 Å². The van der Waals surface area contributed by atoms with Crippen molar-refractivity contribution in [3.05, 3.63) is 53.6 Å². The van der Waals surface area contributed by atoms with Crippen molar-refractivity contribution in [1.29, 1.82) is 0 Å². The normalized spacial score (nSPS) is 10.1. The Bertz CT molecular complexity index is 619. The molecule has 22 heavy (non-hydrogen) atoms. The fourth-order valence-electron chi connectivity index (χ4n) is 2.09. The number of ether oxygens (including phenoxy) is 2. The van der Waals surface area contributed by atoms with Gasteiger partial charge in [0.1, 0.15) is 4.99 Å². The van der Waals surface area contributed by atoms with Crippen LogP contribution in [0.2, 0.25) is 0 Å². The van der Waals surface area contributed by atoms with Crippen LogP contribution in [0.15, 0.2) is 42.5 Å². The van der Waals surface area contributed by atoms with Crippen molar-refractivity contribution in [3.63, 3.8) is 0 Å². The number of hydrogen-bond acceptors (Lipinski definition) is 4. The molecule has 2 N–H and O–H groups in total. The highest BCUT2D eigenvalue weighted by Gasteiger charge is 2.13. The highest BCUT2D eigenvalue weighted by atomic mass is 32.1. The number of hydrogen-bond donors (Lipinski definition) is 2. The second kappa shape index (κ2) is 7.66. The van der Waals surface area contributed by atoms with Gasteiger partial charge >= 0.3 is 0 Å². The van der Waals surface area contributed by atoms with E-state index in [9.17, 15) is 5.11 Å². The van der Waals surface area contributed by atoms with Crippen LogP contribution in [-0.2, 0) is 6.42 Å². The van der Waals surface area contributed by atoms with Crippen LogP contribution >= 0.6 is 12.2 Å². The van der Waals surface area contributed by atoms with Gasteiger partial charge in [-0.05, 0) is 24.1 Å². The van der Waals surface area contributed by atoms with E-state index in [4.69, 9.17) is 21.7 Å². The van der Waals surface area contributed by atoms with E-state index >= 15 is 0 Å². The predicted octanol–water partition coefficient (Wildman–Crippen LogP) is 2.92. The van der Waals surface area contributed by atoms with Crippen molar-refractivity contribution in [3.8, 4) is 17.2 Å². The first kappa shape index (κ1) is 16.1. The summed E-state index contributed by atoms with van der Waals surface area (Å²) in [6.45, 7) is 0.731. The highest BCUT2D eigenvalue weighted by molar-refractivity contribution is 7.80. The molecule has 0 saturated carbocycles. The van der Waals surface area contributed by atoms with Gasteiger partial charge < -0.3 is 19.9 Å². The van der Waals surface area contributed by atoms with Crippen LogP contribution < -0.4 is 14.8 Å². The minimum absolute atomic E-state index is 0.0270. The number of methoxy groups -OCH3 is 2. The van der Waals surface area contributed by atoms with E-state index < -0.39 is 0 Å². The third-order valence-electron chi connectivity index (χ3n) is 3.28. The summed E-state index contributed by atoms with van der Waals surface area (Å²) in [7, 11) is 2.98. The Morgan fingerprint density at radius 1 is 1.09 bits per heavy atom. The van der Waals surface area contributed by atoms with Gasteiger partial charge in [0.25, 0.3) is 0 Å². The number of benzene rings is 2. The largest absolute Gasteiger partial charge is 0.502 e. The van der Waals surface area contributed by atoms with Crippen LogP contribution in [0.5, 0.6) is 17.2 Å². The Morgan fingerprint density at radius 2 is 1.68 bits per heavy atom. The molecule has 116 valence electrons. The molecule has 0 saturated heterocycles. The number of aromatic hydroxyl groups is 1. The lowest BCUT2D eigenvalue weighted by atomic mass is 10.1. The van der Waals surface area contributed by atoms with E-state index in [2.05, 4.69) is 17.4 Å².